The molecule has 11 heavy (non-hydrogen) atoms. The fraction of sp³-hybridized carbons (Fsp3) is 0.143. The minimum atomic E-state index is 0.273. The third kappa shape index (κ3) is 1.91. The predicted molar refractivity (Wildman–Crippen MR) is 43.5 cm³/mol. The second kappa shape index (κ2) is 3.34. The molecule has 4 heteroatoms. The van der Waals surface area contributed by atoms with Gasteiger partial charge in [-0.05, 0) is 17.3 Å². The summed E-state index contributed by atoms with van der Waals surface area (Å²) in [6.07, 6.45) is 0. The van der Waals surface area contributed by atoms with E-state index >= 15 is 0 Å². The van der Waals surface area contributed by atoms with Crippen molar-refractivity contribution in [2.45, 2.75) is 0 Å². The number of ether oxygens (including phenoxy) is 1. The minimum absolute atomic E-state index is 0.273. The van der Waals surface area contributed by atoms with Crippen LogP contribution in [0, 0.1) is 4.91 Å². The van der Waals surface area contributed by atoms with E-state index in [0.717, 1.165) is 0 Å². The second-order valence-corrected chi connectivity index (χ2v) is 2.38. The van der Waals surface area contributed by atoms with Crippen LogP contribution < -0.4 is 4.74 Å². The summed E-state index contributed by atoms with van der Waals surface area (Å²) in [4.78, 5) is 10.1. The summed E-state index contributed by atoms with van der Waals surface area (Å²) >= 11 is 5.63. The maximum absolute atomic E-state index is 10.1. The van der Waals surface area contributed by atoms with Crippen LogP contribution in [0.2, 0.25) is 5.02 Å². The lowest BCUT2D eigenvalue weighted by Crippen LogP contribution is -1.80. The van der Waals surface area contributed by atoms with Crippen molar-refractivity contribution in [3.05, 3.63) is 28.1 Å². The zero-order valence-electron chi connectivity index (χ0n) is 5.87. The number of benzene rings is 1. The fourth-order valence-electron chi connectivity index (χ4n) is 0.718. The predicted octanol–water partition coefficient (Wildman–Crippen LogP) is 2.75. The molecule has 0 saturated heterocycles. The van der Waals surface area contributed by atoms with Gasteiger partial charge >= 0.3 is 0 Å². The van der Waals surface area contributed by atoms with Gasteiger partial charge in [0.25, 0.3) is 0 Å². The van der Waals surface area contributed by atoms with Crippen molar-refractivity contribution in [3.8, 4) is 5.75 Å². The van der Waals surface area contributed by atoms with Gasteiger partial charge in [0.2, 0.25) is 0 Å². The zero-order chi connectivity index (χ0) is 8.27. The molecule has 3 nitrogen and oxygen atoms in total. The van der Waals surface area contributed by atoms with Gasteiger partial charge in [0, 0.05) is 11.1 Å². The largest absolute Gasteiger partial charge is 0.497 e. The van der Waals surface area contributed by atoms with Crippen molar-refractivity contribution in [2.24, 2.45) is 5.18 Å². The second-order valence-electron chi connectivity index (χ2n) is 1.94. The number of hydrogen-bond donors (Lipinski definition) is 0. The van der Waals surface area contributed by atoms with E-state index in [2.05, 4.69) is 5.18 Å². The Bertz CT molecular complexity index is 275. The summed E-state index contributed by atoms with van der Waals surface area (Å²) in [5, 5.41) is 3.17. The molecule has 0 aliphatic heterocycles. The maximum Gasteiger partial charge on any atom is 0.122 e. The van der Waals surface area contributed by atoms with Crippen LogP contribution in [0.15, 0.2) is 23.4 Å². The molecule has 0 radical (unpaired) electrons. The van der Waals surface area contributed by atoms with Crippen LogP contribution in [-0.2, 0) is 0 Å². The topological polar surface area (TPSA) is 38.7 Å². The van der Waals surface area contributed by atoms with Gasteiger partial charge in [-0.3, -0.25) is 0 Å². The average Bonchev–Trinajstić information content (AvgIpc) is 2.03. The van der Waals surface area contributed by atoms with Crippen molar-refractivity contribution in [2.75, 3.05) is 7.11 Å². The van der Waals surface area contributed by atoms with E-state index in [0.29, 0.717) is 10.8 Å². The smallest absolute Gasteiger partial charge is 0.122 e. The number of rotatable bonds is 2. The van der Waals surface area contributed by atoms with Gasteiger partial charge in [-0.2, -0.15) is 0 Å². The molecule has 58 valence electrons. The van der Waals surface area contributed by atoms with Gasteiger partial charge < -0.3 is 4.74 Å². The van der Waals surface area contributed by atoms with Crippen LogP contribution in [-0.4, -0.2) is 7.11 Å². The molecule has 0 unspecified atom stereocenters. The monoisotopic (exact) mass is 171 g/mol. The first-order valence-electron chi connectivity index (χ1n) is 2.94. The third-order valence-electron chi connectivity index (χ3n) is 1.20. The van der Waals surface area contributed by atoms with E-state index in [9.17, 15) is 4.91 Å². The normalized spacial score (nSPS) is 9.27. The summed E-state index contributed by atoms with van der Waals surface area (Å²) in [5.74, 6) is 0.534. The van der Waals surface area contributed by atoms with Gasteiger partial charge in [-0.25, -0.2) is 0 Å². The van der Waals surface area contributed by atoms with Crippen molar-refractivity contribution in [3.63, 3.8) is 0 Å². The van der Waals surface area contributed by atoms with Crippen molar-refractivity contribution >= 4 is 17.3 Å². The van der Waals surface area contributed by atoms with Gasteiger partial charge in [-0.15, -0.1) is 4.91 Å². The van der Waals surface area contributed by atoms with E-state index in [4.69, 9.17) is 16.3 Å². The van der Waals surface area contributed by atoms with Crippen LogP contribution in [0.5, 0.6) is 5.75 Å². The summed E-state index contributed by atoms with van der Waals surface area (Å²) in [7, 11) is 1.50. The molecule has 0 saturated carbocycles. The first kappa shape index (κ1) is 8.01. The van der Waals surface area contributed by atoms with Crippen LogP contribution in [0.4, 0.5) is 5.69 Å². The molecule has 0 fully saturated rings. The van der Waals surface area contributed by atoms with Crippen molar-refractivity contribution in [1.82, 2.24) is 0 Å². The first-order chi connectivity index (χ1) is 5.26. The number of nitrogens with zero attached hydrogens (tertiary/aromatic N) is 1. The standard InChI is InChI=1S/C7H6ClNO2/c1-11-7-3-5(8)2-6(4-7)9-10/h2-4H,1H3. The Hall–Kier alpha value is -1.09. The molecule has 1 aromatic carbocycles. The minimum Gasteiger partial charge on any atom is -0.497 e. The quantitative estimate of drug-likeness (QED) is 0.642. The van der Waals surface area contributed by atoms with Crippen LogP contribution >= 0.6 is 11.6 Å². The van der Waals surface area contributed by atoms with E-state index in [1.165, 1.54) is 19.2 Å². The lowest BCUT2D eigenvalue weighted by atomic mass is 10.3. The number of nitroso groups, excluding NO2 is 1. The molecule has 0 atom stereocenters. The molecule has 0 amide bonds. The zero-order valence-corrected chi connectivity index (χ0v) is 6.63. The third-order valence-corrected chi connectivity index (χ3v) is 1.42. The van der Waals surface area contributed by atoms with Crippen molar-refractivity contribution < 1.29 is 4.74 Å². The highest BCUT2D eigenvalue weighted by Crippen LogP contribution is 2.25. The molecule has 0 spiro atoms. The van der Waals surface area contributed by atoms with Gasteiger partial charge in [-0.1, -0.05) is 11.6 Å². The lowest BCUT2D eigenvalue weighted by Gasteiger charge is -1.99. The number of methoxy groups -OCH3 is 1. The molecular weight excluding hydrogens is 166 g/mol. The highest BCUT2D eigenvalue weighted by Gasteiger charge is 1.98. The Morgan fingerprint density at radius 1 is 1.45 bits per heavy atom. The van der Waals surface area contributed by atoms with Crippen LogP contribution in [0.25, 0.3) is 0 Å². The summed E-state index contributed by atoms with van der Waals surface area (Å²) in [6.45, 7) is 0. The molecule has 1 rings (SSSR count). The van der Waals surface area contributed by atoms with E-state index in [1.54, 1.807) is 6.07 Å². The highest BCUT2D eigenvalue weighted by atomic mass is 35.5. The van der Waals surface area contributed by atoms with E-state index < -0.39 is 0 Å². The van der Waals surface area contributed by atoms with Gasteiger partial charge in [0.1, 0.15) is 11.4 Å². The lowest BCUT2D eigenvalue weighted by molar-refractivity contribution is 0.415. The Kier molecular flexibility index (Phi) is 2.44. The van der Waals surface area contributed by atoms with Crippen LogP contribution in [0.3, 0.4) is 0 Å². The molecule has 0 bridgehead atoms. The summed E-state index contributed by atoms with van der Waals surface area (Å²) in [6, 6.07) is 4.59. The molecular formula is C7H6ClNO2. The molecule has 1 aromatic rings. The maximum atomic E-state index is 10.1. The van der Waals surface area contributed by atoms with E-state index in [-0.39, 0.29) is 5.69 Å². The fourth-order valence-corrected chi connectivity index (χ4v) is 0.938. The van der Waals surface area contributed by atoms with E-state index in [1.807, 2.05) is 0 Å². The molecule has 0 aliphatic rings. The Morgan fingerprint density at radius 2 is 2.18 bits per heavy atom. The first-order valence-corrected chi connectivity index (χ1v) is 3.32. The van der Waals surface area contributed by atoms with Crippen molar-refractivity contribution in [1.29, 1.82) is 0 Å². The average molecular weight is 172 g/mol. The SMILES string of the molecule is COc1cc(Cl)cc(N=O)c1. The molecule has 0 N–H and O–H groups in total. The summed E-state index contributed by atoms with van der Waals surface area (Å²) < 4.78 is 4.85. The number of halogens is 1. The number of hydrogen-bond acceptors (Lipinski definition) is 3. The summed E-state index contributed by atoms with van der Waals surface area (Å²) in [5.41, 5.74) is 0.273. The Labute approximate surface area is 68.9 Å². The van der Waals surface area contributed by atoms with Gasteiger partial charge in [0.15, 0.2) is 0 Å². The Morgan fingerprint density at radius 3 is 2.73 bits per heavy atom. The Balaban J connectivity index is 3.11. The molecule has 0 aromatic heterocycles. The van der Waals surface area contributed by atoms with Gasteiger partial charge in [0.05, 0.1) is 7.11 Å². The highest BCUT2D eigenvalue weighted by molar-refractivity contribution is 6.31. The van der Waals surface area contributed by atoms with Crippen LogP contribution in [0.1, 0.15) is 0 Å². The molecule has 0 heterocycles. The molecule has 0 aliphatic carbocycles.